The van der Waals surface area contributed by atoms with Crippen LogP contribution < -0.4 is 5.32 Å². The van der Waals surface area contributed by atoms with E-state index in [1.165, 1.54) is 11.1 Å². The molecule has 2 heterocycles. The zero-order valence-corrected chi connectivity index (χ0v) is 14.1. The van der Waals surface area contributed by atoms with Crippen LogP contribution in [0.15, 0.2) is 42.5 Å². The largest absolute Gasteiger partial charge is 0.369 e. The summed E-state index contributed by atoms with van der Waals surface area (Å²) in [6, 6.07) is 13.9. The molecule has 0 fully saturated rings. The van der Waals surface area contributed by atoms with E-state index in [-0.39, 0.29) is 0 Å². The zero-order valence-electron chi connectivity index (χ0n) is 12.6. The predicted octanol–water partition coefficient (Wildman–Crippen LogP) is 5.12. The maximum atomic E-state index is 6.39. The molecule has 0 aliphatic carbocycles. The van der Waals surface area contributed by atoms with Gasteiger partial charge in [0.1, 0.15) is 5.82 Å². The van der Waals surface area contributed by atoms with Crippen molar-refractivity contribution in [1.82, 2.24) is 9.78 Å². The second-order valence-electron chi connectivity index (χ2n) is 5.73. The Bertz CT molecular complexity index is 899. The molecule has 0 spiro atoms. The number of aromatic nitrogens is 2. The fraction of sp³-hybridized carbons (Fsp3) is 0.167. The number of nitrogens with zero attached hydrogens (tertiary/aromatic N) is 2. The van der Waals surface area contributed by atoms with Gasteiger partial charge in [0.15, 0.2) is 0 Å². The van der Waals surface area contributed by atoms with Crippen LogP contribution >= 0.6 is 23.2 Å². The number of nitrogens with one attached hydrogen (secondary N) is 1. The molecule has 2 aromatic carbocycles. The fourth-order valence-corrected chi connectivity index (χ4v) is 3.52. The number of halogens is 2. The van der Waals surface area contributed by atoms with Gasteiger partial charge in [0.25, 0.3) is 0 Å². The van der Waals surface area contributed by atoms with Gasteiger partial charge in [0.05, 0.1) is 16.4 Å². The van der Waals surface area contributed by atoms with Gasteiger partial charge in [-0.05, 0) is 49.2 Å². The second-order valence-corrected chi connectivity index (χ2v) is 6.57. The third-order valence-corrected chi connectivity index (χ3v) is 4.63. The highest BCUT2D eigenvalue weighted by Gasteiger charge is 2.25. The zero-order chi connectivity index (χ0) is 16.0. The molecular weight excluding hydrogens is 329 g/mol. The van der Waals surface area contributed by atoms with Gasteiger partial charge < -0.3 is 5.32 Å². The number of rotatable bonds is 2. The third kappa shape index (κ3) is 2.50. The number of hydrogen-bond acceptors (Lipinski definition) is 2. The summed E-state index contributed by atoms with van der Waals surface area (Å²) < 4.78 is 1.97. The molecule has 0 saturated heterocycles. The quantitative estimate of drug-likeness (QED) is 0.699. The van der Waals surface area contributed by atoms with E-state index in [0.717, 1.165) is 35.7 Å². The lowest BCUT2D eigenvalue weighted by Gasteiger charge is -2.07. The van der Waals surface area contributed by atoms with Gasteiger partial charge in [0.2, 0.25) is 0 Å². The van der Waals surface area contributed by atoms with Crippen molar-refractivity contribution < 1.29 is 0 Å². The second kappa shape index (κ2) is 5.59. The predicted molar refractivity (Wildman–Crippen MR) is 96.0 cm³/mol. The minimum absolute atomic E-state index is 0.626. The molecule has 3 nitrogen and oxygen atoms in total. The van der Waals surface area contributed by atoms with E-state index in [2.05, 4.69) is 30.4 Å². The van der Waals surface area contributed by atoms with E-state index < -0.39 is 0 Å². The Morgan fingerprint density at radius 3 is 2.78 bits per heavy atom. The standard InChI is InChI=1S/C18H15Cl2N3/c1-11-3-2-4-13(9-11)23-18-15(7-8-21-18)17(22-23)14-6-5-12(19)10-16(14)20/h2-6,9-10,21H,7-8H2,1H3. The summed E-state index contributed by atoms with van der Waals surface area (Å²) in [7, 11) is 0. The molecule has 0 saturated carbocycles. The number of anilines is 1. The Labute approximate surface area is 144 Å². The minimum atomic E-state index is 0.626. The molecule has 0 bridgehead atoms. The Hall–Kier alpha value is -1.97. The Morgan fingerprint density at radius 2 is 2.00 bits per heavy atom. The Balaban J connectivity index is 1.91. The summed E-state index contributed by atoms with van der Waals surface area (Å²) >= 11 is 12.4. The number of fused-ring (bicyclic) bond motifs is 1. The third-order valence-electron chi connectivity index (χ3n) is 4.08. The molecule has 3 aromatic rings. The Morgan fingerprint density at radius 1 is 1.13 bits per heavy atom. The average Bonchev–Trinajstić information content (AvgIpc) is 3.10. The molecule has 5 heteroatoms. The molecule has 0 radical (unpaired) electrons. The highest BCUT2D eigenvalue weighted by Crippen LogP contribution is 2.38. The van der Waals surface area contributed by atoms with Crippen molar-refractivity contribution in [3.63, 3.8) is 0 Å². The SMILES string of the molecule is Cc1cccc(-n2nc(-c3ccc(Cl)cc3Cl)c3c2NCC3)c1. The van der Waals surface area contributed by atoms with Gasteiger partial charge >= 0.3 is 0 Å². The van der Waals surface area contributed by atoms with Gasteiger partial charge in [-0.15, -0.1) is 0 Å². The molecule has 0 unspecified atom stereocenters. The summed E-state index contributed by atoms with van der Waals surface area (Å²) in [6.45, 7) is 2.99. The van der Waals surface area contributed by atoms with Crippen LogP contribution in [0.25, 0.3) is 16.9 Å². The topological polar surface area (TPSA) is 29.9 Å². The first-order chi connectivity index (χ1) is 11.1. The molecule has 1 aliphatic heterocycles. The van der Waals surface area contributed by atoms with Crippen LogP contribution in [0.1, 0.15) is 11.1 Å². The van der Waals surface area contributed by atoms with Crippen LogP contribution in [0.3, 0.4) is 0 Å². The maximum Gasteiger partial charge on any atom is 0.133 e. The molecule has 1 aliphatic rings. The van der Waals surface area contributed by atoms with Crippen molar-refractivity contribution in [2.45, 2.75) is 13.3 Å². The van der Waals surface area contributed by atoms with E-state index in [1.807, 2.05) is 22.9 Å². The molecule has 1 N–H and O–H groups in total. The minimum Gasteiger partial charge on any atom is -0.369 e. The summed E-state index contributed by atoms with van der Waals surface area (Å²) in [6.07, 6.45) is 0.940. The lowest BCUT2D eigenvalue weighted by molar-refractivity contribution is 0.881. The van der Waals surface area contributed by atoms with E-state index in [4.69, 9.17) is 28.3 Å². The van der Waals surface area contributed by atoms with Gasteiger partial charge in [0, 0.05) is 22.7 Å². The van der Waals surface area contributed by atoms with Crippen molar-refractivity contribution in [2.75, 3.05) is 11.9 Å². The van der Waals surface area contributed by atoms with Crippen molar-refractivity contribution in [3.05, 3.63) is 63.6 Å². The molecule has 116 valence electrons. The van der Waals surface area contributed by atoms with Gasteiger partial charge in [-0.1, -0.05) is 35.3 Å². The molecule has 1 aromatic heterocycles. The van der Waals surface area contributed by atoms with Gasteiger partial charge in [-0.2, -0.15) is 5.10 Å². The lowest BCUT2D eigenvalue weighted by Crippen LogP contribution is -2.04. The maximum absolute atomic E-state index is 6.39. The molecule has 4 rings (SSSR count). The summed E-state index contributed by atoms with van der Waals surface area (Å²) in [5.74, 6) is 1.05. The van der Waals surface area contributed by atoms with Crippen LogP contribution in [0.4, 0.5) is 5.82 Å². The highest BCUT2D eigenvalue weighted by atomic mass is 35.5. The normalized spacial score (nSPS) is 13.0. The van der Waals surface area contributed by atoms with E-state index in [1.54, 1.807) is 6.07 Å². The summed E-state index contributed by atoms with van der Waals surface area (Å²) in [5, 5.41) is 9.53. The van der Waals surface area contributed by atoms with Crippen LogP contribution in [0.5, 0.6) is 0 Å². The van der Waals surface area contributed by atoms with Crippen LogP contribution in [0.2, 0.25) is 10.0 Å². The first-order valence-electron chi connectivity index (χ1n) is 7.52. The summed E-state index contributed by atoms with van der Waals surface area (Å²) in [5.41, 5.74) is 5.30. The average molecular weight is 344 g/mol. The van der Waals surface area contributed by atoms with Gasteiger partial charge in [-0.25, -0.2) is 4.68 Å². The number of hydrogen-bond donors (Lipinski definition) is 1. The van der Waals surface area contributed by atoms with Crippen molar-refractivity contribution in [2.24, 2.45) is 0 Å². The van der Waals surface area contributed by atoms with E-state index in [0.29, 0.717) is 10.0 Å². The number of aryl methyl sites for hydroxylation is 1. The molecule has 0 atom stereocenters. The van der Waals surface area contributed by atoms with E-state index in [9.17, 15) is 0 Å². The van der Waals surface area contributed by atoms with E-state index >= 15 is 0 Å². The highest BCUT2D eigenvalue weighted by molar-refractivity contribution is 6.36. The van der Waals surface area contributed by atoms with Crippen LogP contribution in [-0.4, -0.2) is 16.3 Å². The number of benzene rings is 2. The first-order valence-corrected chi connectivity index (χ1v) is 8.27. The smallest absolute Gasteiger partial charge is 0.133 e. The van der Waals surface area contributed by atoms with Crippen molar-refractivity contribution in [1.29, 1.82) is 0 Å². The monoisotopic (exact) mass is 343 g/mol. The van der Waals surface area contributed by atoms with Gasteiger partial charge in [-0.3, -0.25) is 0 Å². The fourth-order valence-electron chi connectivity index (χ4n) is 3.02. The van der Waals surface area contributed by atoms with Crippen LogP contribution in [0, 0.1) is 6.92 Å². The molecule has 0 amide bonds. The molecule has 23 heavy (non-hydrogen) atoms. The van der Waals surface area contributed by atoms with Crippen LogP contribution in [-0.2, 0) is 6.42 Å². The molecular formula is C18H15Cl2N3. The summed E-state index contributed by atoms with van der Waals surface area (Å²) in [4.78, 5) is 0. The van der Waals surface area contributed by atoms with Crippen molar-refractivity contribution in [3.8, 4) is 16.9 Å². The lowest BCUT2D eigenvalue weighted by atomic mass is 10.1. The first kappa shape index (κ1) is 14.6. The van der Waals surface area contributed by atoms with Crippen molar-refractivity contribution >= 4 is 29.0 Å². The Kier molecular flexibility index (Phi) is 3.55.